The second-order valence-corrected chi connectivity index (χ2v) is 4.34. The minimum absolute atomic E-state index is 0.0967. The van der Waals surface area contributed by atoms with Crippen LogP contribution in [0.4, 0.5) is 0 Å². The lowest BCUT2D eigenvalue weighted by Crippen LogP contribution is -2.29. The molecule has 1 heteroatoms. The van der Waals surface area contributed by atoms with Gasteiger partial charge in [0.1, 0.15) is 0 Å². The zero-order valence-electron chi connectivity index (χ0n) is 7.73. The van der Waals surface area contributed by atoms with E-state index < -0.39 is 0 Å². The Hall–Kier alpha value is -0.590. The molecule has 0 aromatic carbocycles. The number of carbonyl (C=O) groups is 1. The van der Waals surface area contributed by atoms with Crippen LogP contribution < -0.4 is 0 Å². The van der Waals surface area contributed by atoms with Crippen molar-refractivity contribution in [2.24, 2.45) is 5.41 Å². The first-order valence-electron chi connectivity index (χ1n) is 4.95. The van der Waals surface area contributed by atoms with Crippen molar-refractivity contribution < 1.29 is 4.79 Å². The van der Waals surface area contributed by atoms with Crippen molar-refractivity contribution in [2.45, 2.75) is 45.4 Å². The highest BCUT2D eigenvalue weighted by Crippen LogP contribution is 2.45. The monoisotopic (exact) mass is 164 g/mol. The predicted molar refractivity (Wildman–Crippen MR) is 48.9 cm³/mol. The van der Waals surface area contributed by atoms with E-state index in [1.807, 2.05) is 6.08 Å². The normalized spacial score (nSPS) is 27.8. The second kappa shape index (κ2) is 2.72. The Labute approximate surface area is 73.8 Å². The fourth-order valence-corrected chi connectivity index (χ4v) is 2.56. The van der Waals surface area contributed by atoms with Crippen molar-refractivity contribution in [1.29, 1.82) is 0 Å². The topological polar surface area (TPSA) is 17.1 Å². The maximum Gasteiger partial charge on any atom is 0.161 e. The molecule has 12 heavy (non-hydrogen) atoms. The lowest BCUT2D eigenvalue weighted by Gasteiger charge is -2.29. The van der Waals surface area contributed by atoms with Gasteiger partial charge in [-0.25, -0.2) is 0 Å². The van der Waals surface area contributed by atoms with Crippen LogP contribution >= 0.6 is 0 Å². The van der Waals surface area contributed by atoms with Gasteiger partial charge in [-0.15, -0.1) is 0 Å². The van der Waals surface area contributed by atoms with E-state index in [-0.39, 0.29) is 5.41 Å². The Balaban J connectivity index is 2.23. The van der Waals surface area contributed by atoms with Crippen LogP contribution in [0.1, 0.15) is 45.4 Å². The molecule has 0 radical (unpaired) electrons. The summed E-state index contributed by atoms with van der Waals surface area (Å²) in [5.41, 5.74) is 1.37. The zero-order chi connectivity index (χ0) is 8.60. The van der Waals surface area contributed by atoms with Gasteiger partial charge < -0.3 is 0 Å². The number of rotatable bonds is 0. The summed E-state index contributed by atoms with van der Waals surface area (Å²) < 4.78 is 0. The smallest absolute Gasteiger partial charge is 0.161 e. The van der Waals surface area contributed by atoms with Crippen LogP contribution in [0.15, 0.2) is 11.6 Å². The summed E-state index contributed by atoms with van der Waals surface area (Å²) in [7, 11) is 0. The molecule has 66 valence electrons. The molecule has 0 unspecified atom stereocenters. The van der Waals surface area contributed by atoms with Gasteiger partial charge in [-0.3, -0.25) is 4.79 Å². The number of ketones is 1. The Morgan fingerprint density at radius 2 is 1.92 bits per heavy atom. The molecular formula is C11H16O. The predicted octanol–water partition coefficient (Wildman–Crippen LogP) is 2.86. The van der Waals surface area contributed by atoms with E-state index in [1.54, 1.807) is 0 Å². The second-order valence-electron chi connectivity index (χ2n) is 4.34. The van der Waals surface area contributed by atoms with Gasteiger partial charge in [0.25, 0.3) is 0 Å². The van der Waals surface area contributed by atoms with Gasteiger partial charge in [0, 0.05) is 5.41 Å². The summed E-state index contributed by atoms with van der Waals surface area (Å²) >= 11 is 0. The van der Waals surface area contributed by atoms with Crippen LogP contribution in [0.25, 0.3) is 0 Å². The van der Waals surface area contributed by atoms with Crippen LogP contribution in [0, 0.1) is 5.41 Å². The SMILES string of the molecule is CC1=CC(=O)C2(CCCC2)CC1. The standard InChI is InChI=1S/C11H16O/c1-9-4-7-11(10(12)8-9)5-2-3-6-11/h8H,2-7H2,1H3. The third kappa shape index (κ3) is 1.12. The van der Waals surface area contributed by atoms with Crippen molar-refractivity contribution in [3.05, 3.63) is 11.6 Å². The highest BCUT2D eigenvalue weighted by atomic mass is 16.1. The molecule has 0 N–H and O–H groups in total. The zero-order valence-corrected chi connectivity index (χ0v) is 7.73. The number of carbonyl (C=O) groups excluding carboxylic acids is 1. The van der Waals surface area contributed by atoms with Crippen molar-refractivity contribution in [3.63, 3.8) is 0 Å². The van der Waals surface area contributed by atoms with Gasteiger partial charge in [0.15, 0.2) is 5.78 Å². The molecule has 0 aromatic heterocycles. The molecule has 0 heterocycles. The van der Waals surface area contributed by atoms with Gasteiger partial charge in [-0.05, 0) is 38.7 Å². The minimum atomic E-state index is 0.0967. The van der Waals surface area contributed by atoms with Crippen LogP contribution in [-0.4, -0.2) is 5.78 Å². The van der Waals surface area contributed by atoms with Gasteiger partial charge in [0.05, 0.1) is 0 Å². The van der Waals surface area contributed by atoms with Crippen LogP contribution in [0.2, 0.25) is 0 Å². The maximum atomic E-state index is 11.8. The Morgan fingerprint density at radius 1 is 1.25 bits per heavy atom. The largest absolute Gasteiger partial charge is 0.294 e. The molecular weight excluding hydrogens is 148 g/mol. The molecule has 0 atom stereocenters. The van der Waals surface area contributed by atoms with Gasteiger partial charge in [-0.1, -0.05) is 18.4 Å². The average Bonchev–Trinajstić information content (AvgIpc) is 2.48. The summed E-state index contributed by atoms with van der Waals surface area (Å²) in [5, 5.41) is 0. The summed E-state index contributed by atoms with van der Waals surface area (Å²) in [6.07, 6.45) is 8.97. The van der Waals surface area contributed by atoms with Crippen molar-refractivity contribution in [2.75, 3.05) is 0 Å². The number of hydrogen-bond acceptors (Lipinski definition) is 1. The lowest BCUT2D eigenvalue weighted by atomic mass is 9.73. The van der Waals surface area contributed by atoms with E-state index >= 15 is 0 Å². The first-order valence-corrected chi connectivity index (χ1v) is 4.95. The molecule has 0 saturated heterocycles. The quantitative estimate of drug-likeness (QED) is 0.538. The number of allylic oxidation sites excluding steroid dienone is 2. The molecule has 1 saturated carbocycles. The lowest BCUT2D eigenvalue weighted by molar-refractivity contribution is -0.124. The molecule has 1 spiro atoms. The highest BCUT2D eigenvalue weighted by molar-refractivity contribution is 5.96. The molecule has 2 rings (SSSR count). The summed E-state index contributed by atoms with van der Waals surface area (Å²) in [4.78, 5) is 11.8. The van der Waals surface area contributed by atoms with Gasteiger partial charge in [-0.2, -0.15) is 0 Å². The van der Waals surface area contributed by atoms with Gasteiger partial charge in [0.2, 0.25) is 0 Å². The van der Waals surface area contributed by atoms with Crippen molar-refractivity contribution in [3.8, 4) is 0 Å². The first-order chi connectivity index (χ1) is 5.73. The molecule has 1 fully saturated rings. The molecule has 0 amide bonds. The molecule has 1 nitrogen and oxygen atoms in total. The van der Waals surface area contributed by atoms with Crippen LogP contribution in [0.3, 0.4) is 0 Å². The fraction of sp³-hybridized carbons (Fsp3) is 0.727. The summed E-state index contributed by atoms with van der Waals surface area (Å²) in [6, 6.07) is 0. The fourth-order valence-electron chi connectivity index (χ4n) is 2.56. The van der Waals surface area contributed by atoms with Crippen molar-refractivity contribution in [1.82, 2.24) is 0 Å². The van der Waals surface area contributed by atoms with Crippen molar-refractivity contribution >= 4 is 5.78 Å². The van der Waals surface area contributed by atoms with E-state index in [1.165, 1.54) is 18.4 Å². The third-order valence-electron chi connectivity index (χ3n) is 3.46. The van der Waals surface area contributed by atoms with Crippen LogP contribution in [-0.2, 0) is 4.79 Å². The molecule has 0 aromatic rings. The Morgan fingerprint density at radius 3 is 2.50 bits per heavy atom. The first kappa shape index (κ1) is 8.03. The third-order valence-corrected chi connectivity index (χ3v) is 3.46. The van der Waals surface area contributed by atoms with E-state index in [0.717, 1.165) is 25.7 Å². The number of hydrogen-bond donors (Lipinski definition) is 0. The van der Waals surface area contributed by atoms with Crippen LogP contribution in [0.5, 0.6) is 0 Å². The van der Waals surface area contributed by atoms with E-state index in [4.69, 9.17) is 0 Å². The molecule has 0 bridgehead atoms. The van der Waals surface area contributed by atoms with Gasteiger partial charge >= 0.3 is 0 Å². The van der Waals surface area contributed by atoms with E-state index in [9.17, 15) is 4.79 Å². The highest BCUT2D eigenvalue weighted by Gasteiger charge is 2.40. The molecule has 0 aliphatic heterocycles. The van der Waals surface area contributed by atoms with E-state index in [0.29, 0.717) is 5.78 Å². The summed E-state index contributed by atoms with van der Waals surface area (Å²) in [5.74, 6) is 0.420. The summed E-state index contributed by atoms with van der Waals surface area (Å²) in [6.45, 7) is 2.07. The molecule has 2 aliphatic carbocycles. The van der Waals surface area contributed by atoms with E-state index in [2.05, 4.69) is 6.92 Å². The average molecular weight is 164 g/mol. The maximum absolute atomic E-state index is 11.8. The molecule has 2 aliphatic rings. The Kier molecular flexibility index (Phi) is 1.82. The minimum Gasteiger partial charge on any atom is -0.294 e. The Bertz CT molecular complexity index is 231.